The Morgan fingerprint density at radius 2 is 2.20 bits per heavy atom. The van der Waals surface area contributed by atoms with Gasteiger partial charge >= 0.3 is 5.97 Å². The first-order valence-electron chi connectivity index (χ1n) is 6.54. The summed E-state index contributed by atoms with van der Waals surface area (Å²) < 4.78 is 16.2. The summed E-state index contributed by atoms with van der Waals surface area (Å²) >= 11 is 11.9. The second-order valence-electron chi connectivity index (χ2n) is 4.43. The molecule has 0 amide bonds. The summed E-state index contributed by atoms with van der Waals surface area (Å²) in [6, 6.07) is 4.97. The first-order valence-corrected chi connectivity index (χ1v) is 7.29. The maximum Gasteiger partial charge on any atom is 0.335 e. The molecule has 1 aromatic carbocycles. The quantitative estimate of drug-likeness (QED) is 0.791. The molecule has 1 aliphatic rings. The summed E-state index contributed by atoms with van der Waals surface area (Å²) in [5.74, 6) is 0.147. The molecule has 0 unspecified atom stereocenters. The summed E-state index contributed by atoms with van der Waals surface area (Å²) in [7, 11) is 0. The lowest BCUT2D eigenvalue weighted by Crippen LogP contribution is -2.37. The summed E-state index contributed by atoms with van der Waals surface area (Å²) in [6.45, 7) is 2.11. The largest absolute Gasteiger partial charge is 0.464 e. The molecule has 0 aliphatic carbocycles. The van der Waals surface area contributed by atoms with Gasteiger partial charge in [0, 0.05) is 11.4 Å². The predicted molar refractivity (Wildman–Crippen MR) is 76.2 cm³/mol. The summed E-state index contributed by atoms with van der Waals surface area (Å²) in [6.07, 6.45) is 1.11. The lowest BCUT2D eigenvalue weighted by Gasteiger charge is -2.29. The number of halogens is 2. The molecule has 0 spiro atoms. The van der Waals surface area contributed by atoms with Crippen molar-refractivity contribution in [2.24, 2.45) is 0 Å². The highest BCUT2D eigenvalue weighted by Crippen LogP contribution is 2.30. The number of hydrogen-bond donors (Lipinski definition) is 0. The van der Waals surface area contributed by atoms with Crippen molar-refractivity contribution in [2.75, 3.05) is 6.61 Å². The van der Waals surface area contributed by atoms with E-state index >= 15 is 0 Å². The zero-order valence-corrected chi connectivity index (χ0v) is 12.6. The summed E-state index contributed by atoms with van der Waals surface area (Å²) in [5.41, 5.74) is 0. The van der Waals surface area contributed by atoms with Gasteiger partial charge in [0.1, 0.15) is 5.75 Å². The third kappa shape index (κ3) is 4.01. The van der Waals surface area contributed by atoms with Crippen molar-refractivity contribution in [3.63, 3.8) is 0 Å². The van der Waals surface area contributed by atoms with Crippen molar-refractivity contribution >= 4 is 29.2 Å². The Bertz CT molecular complexity index is 478. The number of carbonyl (C=O) groups is 1. The Morgan fingerprint density at radius 3 is 2.90 bits per heavy atom. The Kier molecular flexibility index (Phi) is 5.52. The number of carbonyl (C=O) groups excluding carboxylic acids is 1. The highest BCUT2D eigenvalue weighted by atomic mass is 35.5. The van der Waals surface area contributed by atoms with Crippen molar-refractivity contribution in [1.82, 2.24) is 0 Å². The average molecular weight is 319 g/mol. The minimum atomic E-state index is -0.570. The third-order valence-corrected chi connectivity index (χ3v) is 3.45. The summed E-state index contributed by atoms with van der Waals surface area (Å²) in [4.78, 5) is 11.7. The average Bonchev–Trinajstić information content (AvgIpc) is 2.43. The molecule has 4 nitrogen and oxygen atoms in total. The molecule has 1 saturated heterocycles. The number of benzene rings is 1. The highest BCUT2D eigenvalue weighted by Gasteiger charge is 2.30. The zero-order valence-electron chi connectivity index (χ0n) is 11.1. The van der Waals surface area contributed by atoms with Gasteiger partial charge in [0.05, 0.1) is 11.6 Å². The van der Waals surface area contributed by atoms with Crippen LogP contribution >= 0.6 is 23.2 Å². The van der Waals surface area contributed by atoms with Gasteiger partial charge in [-0.15, -0.1) is 0 Å². The predicted octanol–water partition coefficient (Wildman–Crippen LogP) is 3.83. The number of esters is 1. The minimum Gasteiger partial charge on any atom is -0.464 e. The second kappa shape index (κ2) is 7.16. The molecule has 0 N–H and O–H groups in total. The van der Waals surface area contributed by atoms with Crippen molar-refractivity contribution in [1.29, 1.82) is 0 Å². The van der Waals surface area contributed by atoms with Gasteiger partial charge in [0.15, 0.2) is 6.10 Å². The van der Waals surface area contributed by atoms with E-state index in [4.69, 9.17) is 37.4 Å². The van der Waals surface area contributed by atoms with Gasteiger partial charge in [-0.3, -0.25) is 0 Å². The molecule has 0 radical (unpaired) electrons. The van der Waals surface area contributed by atoms with E-state index in [0.29, 0.717) is 35.2 Å². The lowest BCUT2D eigenvalue weighted by atomic mass is 10.1. The molecule has 0 aromatic heterocycles. The highest BCUT2D eigenvalue weighted by molar-refractivity contribution is 6.35. The summed E-state index contributed by atoms with van der Waals surface area (Å²) in [5, 5.41) is 0.954. The fourth-order valence-electron chi connectivity index (χ4n) is 2.00. The molecule has 1 fully saturated rings. The van der Waals surface area contributed by atoms with E-state index in [1.165, 1.54) is 0 Å². The van der Waals surface area contributed by atoms with Crippen LogP contribution < -0.4 is 4.74 Å². The molecule has 0 bridgehead atoms. The Labute approximate surface area is 127 Å². The van der Waals surface area contributed by atoms with Crippen LogP contribution in [0.25, 0.3) is 0 Å². The van der Waals surface area contributed by atoms with E-state index in [0.717, 1.165) is 6.42 Å². The lowest BCUT2D eigenvalue weighted by molar-refractivity contribution is -0.185. The molecule has 2 rings (SSSR count). The van der Waals surface area contributed by atoms with Gasteiger partial charge in [-0.05, 0) is 38.0 Å². The van der Waals surface area contributed by atoms with Crippen LogP contribution in [-0.2, 0) is 14.3 Å². The van der Waals surface area contributed by atoms with Crippen LogP contribution in [0.15, 0.2) is 18.2 Å². The minimum absolute atomic E-state index is 0.341. The van der Waals surface area contributed by atoms with Crippen molar-refractivity contribution in [3.8, 4) is 5.75 Å². The van der Waals surface area contributed by atoms with Crippen LogP contribution in [0.3, 0.4) is 0 Å². The van der Waals surface area contributed by atoms with Gasteiger partial charge < -0.3 is 14.2 Å². The zero-order chi connectivity index (χ0) is 14.5. The molecule has 0 saturated carbocycles. The van der Waals surface area contributed by atoms with Gasteiger partial charge in [-0.2, -0.15) is 0 Å². The fourth-order valence-corrected chi connectivity index (χ4v) is 2.45. The second-order valence-corrected chi connectivity index (χ2v) is 5.27. The van der Waals surface area contributed by atoms with Crippen LogP contribution in [0.4, 0.5) is 0 Å². The normalized spacial score (nSPS) is 22.4. The van der Waals surface area contributed by atoms with Crippen molar-refractivity contribution in [3.05, 3.63) is 28.2 Å². The van der Waals surface area contributed by atoms with Crippen LogP contribution in [0.1, 0.15) is 26.2 Å². The fraction of sp³-hybridized carbons (Fsp3) is 0.500. The molecule has 1 aliphatic heterocycles. The number of hydrogen-bond acceptors (Lipinski definition) is 4. The maximum absolute atomic E-state index is 11.7. The molecular weight excluding hydrogens is 303 g/mol. The van der Waals surface area contributed by atoms with E-state index < -0.39 is 12.4 Å². The van der Waals surface area contributed by atoms with Gasteiger partial charge in [-0.25, -0.2) is 4.79 Å². The monoisotopic (exact) mass is 318 g/mol. The van der Waals surface area contributed by atoms with Crippen LogP contribution in [0, 0.1) is 0 Å². The van der Waals surface area contributed by atoms with Gasteiger partial charge in [0.2, 0.25) is 6.29 Å². The van der Waals surface area contributed by atoms with E-state index in [9.17, 15) is 4.79 Å². The van der Waals surface area contributed by atoms with E-state index in [1.54, 1.807) is 25.1 Å². The Balaban J connectivity index is 1.97. The third-order valence-electron chi connectivity index (χ3n) is 2.92. The maximum atomic E-state index is 11.7. The van der Waals surface area contributed by atoms with Gasteiger partial charge in [-0.1, -0.05) is 23.2 Å². The molecule has 110 valence electrons. The van der Waals surface area contributed by atoms with Crippen molar-refractivity contribution in [2.45, 2.75) is 38.6 Å². The molecular formula is C14H16Cl2O4. The topological polar surface area (TPSA) is 44.8 Å². The van der Waals surface area contributed by atoms with Crippen LogP contribution in [0.5, 0.6) is 5.75 Å². The number of ether oxygens (including phenoxy) is 3. The van der Waals surface area contributed by atoms with Crippen LogP contribution in [-0.4, -0.2) is 25.0 Å². The van der Waals surface area contributed by atoms with E-state index in [1.807, 2.05) is 0 Å². The SMILES string of the molecule is CCOC(=O)[C@@H]1CCC[C@H](Oc2ccc(Cl)cc2Cl)O1. The van der Waals surface area contributed by atoms with Crippen molar-refractivity contribution < 1.29 is 19.0 Å². The molecule has 2 atom stereocenters. The van der Waals surface area contributed by atoms with E-state index in [2.05, 4.69) is 0 Å². The van der Waals surface area contributed by atoms with Gasteiger partial charge in [0.25, 0.3) is 0 Å². The van der Waals surface area contributed by atoms with Crippen LogP contribution in [0.2, 0.25) is 10.0 Å². The number of rotatable bonds is 4. The smallest absolute Gasteiger partial charge is 0.335 e. The first-order chi connectivity index (χ1) is 9.60. The first kappa shape index (κ1) is 15.4. The molecule has 6 heteroatoms. The Hall–Kier alpha value is -0.970. The standard InChI is InChI=1S/C14H16Cl2O4/c1-2-18-14(17)12-4-3-5-13(20-12)19-11-7-6-9(15)8-10(11)16/h6-8,12-13H,2-5H2,1H3/t12-,13+/m0/s1. The molecule has 1 aromatic rings. The molecule has 1 heterocycles. The Morgan fingerprint density at radius 1 is 1.40 bits per heavy atom. The van der Waals surface area contributed by atoms with E-state index in [-0.39, 0.29) is 5.97 Å². The molecule has 20 heavy (non-hydrogen) atoms.